The van der Waals surface area contributed by atoms with Gasteiger partial charge in [0.05, 0.1) is 0 Å². The number of rotatable bonds is 5. The molecule has 2 N–H and O–H groups in total. The van der Waals surface area contributed by atoms with E-state index in [9.17, 15) is 4.79 Å². The first kappa shape index (κ1) is 16.8. The lowest BCUT2D eigenvalue weighted by Gasteiger charge is -2.34. The van der Waals surface area contributed by atoms with Gasteiger partial charge in [0.15, 0.2) is 0 Å². The van der Waals surface area contributed by atoms with Crippen LogP contribution >= 0.6 is 12.4 Å². The van der Waals surface area contributed by atoms with Gasteiger partial charge in [-0.15, -0.1) is 12.4 Å². The van der Waals surface area contributed by atoms with Crippen LogP contribution in [0.2, 0.25) is 0 Å². The van der Waals surface area contributed by atoms with Crippen LogP contribution in [0.1, 0.15) is 52.4 Å². The van der Waals surface area contributed by atoms with Gasteiger partial charge < -0.3 is 10.6 Å². The van der Waals surface area contributed by atoms with Crippen molar-refractivity contribution >= 4 is 18.3 Å². The zero-order valence-electron chi connectivity index (χ0n) is 12.3. The lowest BCUT2D eigenvalue weighted by molar-refractivity contribution is -0.127. The largest absolute Gasteiger partial charge is 0.353 e. The van der Waals surface area contributed by atoms with Crippen molar-refractivity contribution in [3.63, 3.8) is 0 Å². The maximum Gasteiger partial charge on any atom is 0.223 e. The summed E-state index contributed by atoms with van der Waals surface area (Å²) >= 11 is 0. The van der Waals surface area contributed by atoms with Gasteiger partial charge in [0.25, 0.3) is 0 Å². The lowest BCUT2D eigenvalue weighted by atomic mass is 9.83. The molecule has 19 heavy (non-hydrogen) atoms. The van der Waals surface area contributed by atoms with Crippen molar-refractivity contribution in [2.45, 2.75) is 58.4 Å². The van der Waals surface area contributed by atoms with Crippen LogP contribution in [0.5, 0.6) is 0 Å². The molecule has 2 aliphatic rings. The van der Waals surface area contributed by atoms with Gasteiger partial charge in [0.2, 0.25) is 5.91 Å². The Morgan fingerprint density at radius 2 is 1.89 bits per heavy atom. The van der Waals surface area contributed by atoms with Gasteiger partial charge in [-0.1, -0.05) is 26.7 Å². The summed E-state index contributed by atoms with van der Waals surface area (Å²) < 4.78 is 0. The van der Waals surface area contributed by atoms with Crippen molar-refractivity contribution in [1.82, 2.24) is 10.6 Å². The predicted octanol–water partition coefficient (Wildman–Crippen LogP) is 2.74. The molecular weight excluding hydrogens is 260 g/mol. The topological polar surface area (TPSA) is 41.1 Å². The van der Waals surface area contributed by atoms with E-state index in [1.165, 1.54) is 38.5 Å². The van der Waals surface area contributed by atoms with Gasteiger partial charge in [-0.25, -0.2) is 0 Å². The Labute approximate surface area is 123 Å². The smallest absolute Gasteiger partial charge is 0.223 e. The van der Waals surface area contributed by atoms with Gasteiger partial charge >= 0.3 is 0 Å². The molecule has 1 amide bonds. The highest BCUT2D eigenvalue weighted by Gasteiger charge is 2.30. The molecule has 0 radical (unpaired) electrons. The van der Waals surface area contributed by atoms with Crippen LogP contribution in [0, 0.1) is 17.8 Å². The molecule has 1 aliphatic heterocycles. The maximum atomic E-state index is 12.1. The summed E-state index contributed by atoms with van der Waals surface area (Å²) in [6.45, 7) is 6.36. The molecule has 1 unspecified atom stereocenters. The number of hydrogen-bond donors (Lipinski definition) is 2. The standard InChI is InChI=1S/C15H28N2O.ClH/c1-3-4-12-5-7-14(8-6-12)17-15(18)11(2)13-9-16-10-13;/h11-14,16H,3-10H2,1-2H3,(H,17,18);1H. The van der Waals surface area contributed by atoms with Crippen molar-refractivity contribution in [2.24, 2.45) is 17.8 Å². The number of halogens is 1. The Morgan fingerprint density at radius 1 is 1.26 bits per heavy atom. The summed E-state index contributed by atoms with van der Waals surface area (Å²) in [5, 5.41) is 6.50. The second-order valence-corrected chi connectivity index (χ2v) is 6.22. The predicted molar refractivity (Wildman–Crippen MR) is 81.6 cm³/mol. The molecule has 0 bridgehead atoms. The first-order chi connectivity index (χ1) is 8.70. The lowest BCUT2D eigenvalue weighted by Crippen LogP contribution is -2.51. The summed E-state index contributed by atoms with van der Waals surface area (Å²) in [5.74, 6) is 1.93. The highest BCUT2D eigenvalue weighted by molar-refractivity contribution is 5.85. The normalized spacial score (nSPS) is 28.9. The molecule has 112 valence electrons. The van der Waals surface area contributed by atoms with E-state index in [0.717, 1.165) is 19.0 Å². The Kier molecular flexibility index (Phi) is 7.16. The zero-order chi connectivity index (χ0) is 13.0. The van der Waals surface area contributed by atoms with Gasteiger partial charge in [-0.3, -0.25) is 4.79 Å². The number of carbonyl (C=O) groups is 1. The summed E-state index contributed by atoms with van der Waals surface area (Å²) in [7, 11) is 0. The van der Waals surface area contributed by atoms with Gasteiger partial charge in [0.1, 0.15) is 0 Å². The van der Waals surface area contributed by atoms with E-state index >= 15 is 0 Å². The number of amides is 1. The van der Waals surface area contributed by atoms with E-state index in [1.54, 1.807) is 0 Å². The molecule has 1 aliphatic carbocycles. The Bertz CT molecular complexity index is 273. The molecule has 1 saturated heterocycles. The molecule has 1 atom stereocenters. The van der Waals surface area contributed by atoms with Crippen LogP contribution in [0.15, 0.2) is 0 Å². The quantitative estimate of drug-likeness (QED) is 0.817. The maximum absolute atomic E-state index is 12.1. The Balaban J connectivity index is 0.00000180. The van der Waals surface area contributed by atoms with E-state index in [1.807, 2.05) is 0 Å². The first-order valence-electron chi connectivity index (χ1n) is 7.71. The molecule has 3 nitrogen and oxygen atoms in total. The number of carbonyl (C=O) groups excluding carboxylic acids is 1. The fourth-order valence-electron chi connectivity index (χ4n) is 3.21. The molecule has 0 aromatic carbocycles. The minimum atomic E-state index is 0. The minimum Gasteiger partial charge on any atom is -0.353 e. The third-order valence-corrected chi connectivity index (χ3v) is 4.82. The highest BCUT2D eigenvalue weighted by atomic mass is 35.5. The SMILES string of the molecule is CCCC1CCC(NC(=O)C(C)C2CNC2)CC1.Cl. The monoisotopic (exact) mass is 288 g/mol. The van der Waals surface area contributed by atoms with Crippen LogP contribution in [-0.4, -0.2) is 25.0 Å². The number of hydrogen-bond acceptors (Lipinski definition) is 2. The summed E-state index contributed by atoms with van der Waals surface area (Å²) in [5.41, 5.74) is 0. The summed E-state index contributed by atoms with van der Waals surface area (Å²) in [4.78, 5) is 12.1. The van der Waals surface area contributed by atoms with Crippen LogP contribution in [0.25, 0.3) is 0 Å². The van der Waals surface area contributed by atoms with Gasteiger partial charge in [-0.2, -0.15) is 0 Å². The highest BCUT2D eigenvalue weighted by Crippen LogP contribution is 2.28. The Hall–Kier alpha value is -0.280. The van der Waals surface area contributed by atoms with Crippen LogP contribution in [0.4, 0.5) is 0 Å². The third kappa shape index (κ3) is 4.64. The summed E-state index contributed by atoms with van der Waals surface area (Å²) in [6.07, 6.45) is 7.65. The zero-order valence-corrected chi connectivity index (χ0v) is 13.1. The average Bonchev–Trinajstić information content (AvgIpc) is 2.29. The van der Waals surface area contributed by atoms with Crippen LogP contribution < -0.4 is 10.6 Å². The van der Waals surface area contributed by atoms with E-state index in [0.29, 0.717) is 12.0 Å². The molecule has 1 heterocycles. The molecular formula is C15H29ClN2O. The van der Waals surface area contributed by atoms with Crippen LogP contribution in [0.3, 0.4) is 0 Å². The van der Waals surface area contributed by atoms with Gasteiger partial charge in [0, 0.05) is 12.0 Å². The fraction of sp³-hybridized carbons (Fsp3) is 0.933. The molecule has 2 rings (SSSR count). The van der Waals surface area contributed by atoms with E-state index in [-0.39, 0.29) is 24.2 Å². The van der Waals surface area contributed by atoms with E-state index in [2.05, 4.69) is 24.5 Å². The number of nitrogens with one attached hydrogen (secondary N) is 2. The van der Waals surface area contributed by atoms with Crippen molar-refractivity contribution in [3.8, 4) is 0 Å². The second kappa shape index (κ2) is 8.11. The molecule has 4 heteroatoms. The molecule has 0 aromatic heterocycles. The molecule has 0 aromatic rings. The Morgan fingerprint density at radius 3 is 2.37 bits per heavy atom. The van der Waals surface area contributed by atoms with E-state index in [4.69, 9.17) is 0 Å². The van der Waals surface area contributed by atoms with Gasteiger partial charge in [-0.05, 0) is 50.6 Å². The van der Waals surface area contributed by atoms with Crippen molar-refractivity contribution in [3.05, 3.63) is 0 Å². The molecule has 2 fully saturated rings. The minimum absolute atomic E-state index is 0. The van der Waals surface area contributed by atoms with E-state index < -0.39 is 0 Å². The second-order valence-electron chi connectivity index (χ2n) is 6.22. The van der Waals surface area contributed by atoms with Crippen molar-refractivity contribution in [2.75, 3.05) is 13.1 Å². The van der Waals surface area contributed by atoms with Crippen molar-refractivity contribution < 1.29 is 4.79 Å². The average molecular weight is 289 g/mol. The molecule has 1 saturated carbocycles. The van der Waals surface area contributed by atoms with Crippen LogP contribution in [-0.2, 0) is 4.79 Å². The van der Waals surface area contributed by atoms with Crippen molar-refractivity contribution in [1.29, 1.82) is 0 Å². The third-order valence-electron chi connectivity index (χ3n) is 4.82. The fourth-order valence-corrected chi connectivity index (χ4v) is 3.21. The summed E-state index contributed by atoms with van der Waals surface area (Å²) in [6, 6.07) is 0.445. The first-order valence-corrected chi connectivity index (χ1v) is 7.71. The molecule has 0 spiro atoms.